The molecule has 164 valence electrons. The molecule has 1 amide bonds. The number of hydrogen-bond donors (Lipinski definition) is 2. The number of nitrogens with one attached hydrogen (secondary N) is 1. The number of nitrogens with zero attached hydrogens (tertiary/aromatic N) is 1. The van der Waals surface area contributed by atoms with Crippen LogP contribution in [-0.2, 0) is 18.2 Å². The van der Waals surface area contributed by atoms with Gasteiger partial charge in [-0.05, 0) is 67.1 Å². The molecule has 2 aromatic carbocycles. The fraction of sp³-hybridized carbons (Fsp3) is 0.333. The van der Waals surface area contributed by atoms with Gasteiger partial charge in [-0.25, -0.2) is 9.59 Å². The summed E-state index contributed by atoms with van der Waals surface area (Å²) >= 11 is 0. The number of hydrogen-bond acceptors (Lipinski definition) is 4. The Morgan fingerprint density at radius 2 is 1.88 bits per heavy atom. The quantitative estimate of drug-likeness (QED) is 0.551. The maximum atomic E-state index is 12.3. The second-order valence-electron chi connectivity index (χ2n) is 7.94. The molecule has 7 nitrogen and oxygen atoms in total. The first-order valence-electron chi connectivity index (χ1n) is 10.4. The number of carbonyl (C=O) groups excluding carboxylic acids is 1. The monoisotopic (exact) mass is 446 g/mol. The first-order chi connectivity index (χ1) is 14.9. The van der Waals surface area contributed by atoms with Crippen molar-refractivity contribution in [1.82, 2.24) is 4.57 Å². The predicted octanol–water partition coefficient (Wildman–Crippen LogP) is 4.32. The van der Waals surface area contributed by atoms with Crippen molar-refractivity contribution in [2.45, 2.75) is 38.2 Å². The van der Waals surface area contributed by atoms with Crippen molar-refractivity contribution < 1.29 is 24.2 Å². The van der Waals surface area contributed by atoms with Gasteiger partial charge >= 0.3 is 41.6 Å². The molecule has 3 aromatic rings. The molecule has 0 atom stereocenters. The van der Waals surface area contributed by atoms with Gasteiger partial charge in [0.1, 0.15) is 11.9 Å². The molecule has 4 rings (SSSR count). The summed E-state index contributed by atoms with van der Waals surface area (Å²) in [5.41, 5.74) is 3.83. The molecule has 1 aliphatic rings. The number of aryl methyl sites for hydroxylation is 1. The van der Waals surface area contributed by atoms with E-state index in [2.05, 4.69) is 5.32 Å². The standard InChI is InChI=1S/C24H26N2O5.Na.H/c1-26-14-17(11-15-7-8-16(23(27)28)12-22(15)30-2)20-13-18(9-10-21(20)26)25-24(29)31-19-5-3-4-6-19;;/h7-10,12-14,19H,3-6,11H2,1-2H3,(H,25,29)(H,27,28);;. The van der Waals surface area contributed by atoms with Crippen molar-refractivity contribution in [2.24, 2.45) is 7.05 Å². The number of carboxylic acid groups (broad SMARTS) is 1. The van der Waals surface area contributed by atoms with Gasteiger partial charge in [0.25, 0.3) is 0 Å². The summed E-state index contributed by atoms with van der Waals surface area (Å²) in [6.45, 7) is 0. The van der Waals surface area contributed by atoms with E-state index in [0.29, 0.717) is 17.9 Å². The number of rotatable bonds is 6. The van der Waals surface area contributed by atoms with E-state index < -0.39 is 12.1 Å². The number of anilines is 1. The average molecular weight is 446 g/mol. The van der Waals surface area contributed by atoms with E-state index in [1.54, 1.807) is 12.1 Å². The van der Waals surface area contributed by atoms with Crippen LogP contribution in [0.5, 0.6) is 5.75 Å². The molecule has 2 N–H and O–H groups in total. The van der Waals surface area contributed by atoms with Crippen LogP contribution in [0.3, 0.4) is 0 Å². The van der Waals surface area contributed by atoms with E-state index in [1.165, 1.54) is 13.2 Å². The second kappa shape index (κ2) is 10.4. The number of methoxy groups -OCH3 is 1. The van der Waals surface area contributed by atoms with Gasteiger partial charge in [-0.3, -0.25) is 5.32 Å². The van der Waals surface area contributed by atoms with E-state index >= 15 is 0 Å². The number of carboxylic acids is 1. The number of amides is 1. The Labute approximate surface area is 209 Å². The van der Waals surface area contributed by atoms with Gasteiger partial charge in [0.15, 0.2) is 0 Å². The molecule has 1 heterocycles. The Balaban J connectivity index is 0.00000289. The normalized spacial score (nSPS) is 13.6. The van der Waals surface area contributed by atoms with E-state index in [0.717, 1.165) is 47.7 Å². The van der Waals surface area contributed by atoms with Crippen molar-refractivity contribution in [1.29, 1.82) is 0 Å². The van der Waals surface area contributed by atoms with Crippen LogP contribution in [0.15, 0.2) is 42.6 Å². The van der Waals surface area contributed by atoms with Crippen LogP contribution in [0.2, 0.25) is 0 Å². The van der Waals surface area contributed by atoms with Gasteiger partial charge in [0.2, 0.25) is 0 Å². The SMILES string of the molecule is COc1cc(C(=O)O)ccc1Cc1cn(C)c2ccc(NC(=O)OC3CCCC3)cc12.[NaH]. The Morgan fingerprint density at radius 3 is 2.56 bits per heavy atom. The third kappa shape index (κ3) is 5.28. The molecule has 0 unspecified atom stereocenters. The van der Waals surface area contributed by atoms with Gasteiger partial charge in [-0.1, -0.05) is 6.07 Å². The number of aromatic carboxylic acids is 1. The average Bonchev–Trinajstić information content (AvgIpc) is 3.36. The first kappa shape index (κ1) is 24.2. The van der Waals surface area contributed by atoms with Crippen LogP contribution < -0.4 is 10.1 Å². The molecule has 0 aliphatic heterocycles. The van der Waals surface area contributed by atoms with Crippen molar-refractivity contribution in [3.8, 4) is 5.75 Å². The van der Waals surface area contributed by atoms with E-state index in [1.807, 2.05) is 36.0 Å². The molecule has 1 fully saturated rings. The molecule has 8 heteroatoms. The number of aromatic nitrogens is 1. The predicted molar refractivity (Wildman–Crippen MR) is 125 cm³/mol. The fourth-order valence-corrected chi connectivity index (χ4v) is 4.23. The van der Waals surface area contributed by atoms with Crippen molar-refractivity contribution in [2.75, 3.05) is 12.4 Å². The molecule has 32 heavy (non-hydrogen) atoms. The minimum atomic E-state index is -0.991. The number of carbonyl (C=O) groups is 2. The van der Waals surface area contributed by atoms with E-state index in [-0.39, 0.29) is 41.2 Å². The molecule has 1 saturated carbocycles. The maximum absolute atomic E-state index is 12.3. The number of fused-ring (bicyclic) bond motifs is 1. The Hall–Kier alpha value is -2.48. The Kier molecular flexibility index (Phi) is 7.87. The zero-order valence-corrected chi connectivity index (χ0v) is 17.7. The molecule has 1 aliphatic carbocycles. The zero-order valence-electron chi connectivity index (χ0n) is 17.7. The topological polar surface area (TPSA) is 89.8 Å². The van der Waals surface area contributed by atoms with Crippen LogP contribution in [0.25, 0.3) is 10.9 Å². The van der Waals surface area contributed by atoms with Crippen LogP contribution in [0, 0.1) is 0 Å². The Bertz CT molecular complexity index is 1130. The molecular weight excluding hydrogens is 419 g/mol. The number of benzene rings is 2. The molecule has 1 aromatic heterocycles. The van der Waals surface area contributed by atoms with E-state index in [9.17, 15) is 14.7 Å². The van der Waals surface area contributed by atoms with Gasteiger partial charge < -0.3 is 19.1 Å². The van der Waals surface area contributed by atoms with Crippen LogP contribution in [0.4, 0.5) is 10.5 Å². The molecular formula is C24H27N2NaO5. The van der Waals surface area contributed by atoms with Crippen LogP contribution in [0.1, 0.15) is 47.2 Å². The second-order valence-corrected chi connectivity index (χ2v) is 7.94. The Morgan fingerprint density at radius 1 is 1.12 bits per heavy atom. The third-order valence-electron chi connectivity index (χ3n) is 5.81. The van der Waals surface area contributed by atoms with Gasteiger partial charge in [-0.15, -0.1) is 0 Å². The van der Waals surface area contributed by atoms with Crippen molar-refractivity contribution >= 4 is 58.2 Å². The third-order valence-corrected chi connectivity index (χ3v) is 5.81. The number of ether oxygens (including phenoxy) is 2. The molecule has 0 radical (unpaired) electrons. The first-order valence-corrected chi connectivity index (χ1v) is 10.4. The summed E-state index contributed by atoms with van der Waals surface area (Å²) in [6.07, 6.45) is 6.26. The zero-order chi connectivity index (χ0) is 22.0. The van der Waals surface area contributed by atoms with Gasteiger partial charge in [0, 0.05) is 36.3 Å². The van der Waals surface area contributed by atoms with Crippen molar-refractivity contribution in [3.05, 3.63) is 59.3 Å². The van der Waals surface area contributed by atoms with Gasteiger partial charge in [-0.2, -0.15) is 0 Å². The minimum absolute atomic E-state index is 0. The molecule has 0 bridgehead atoms. The summed E-state index contributed by atoms with van der Waals surface area (Å²) in [4.78, 5) is 23.5. The summed E-state index contributed by atoms with van der Waals surface area (Å²) in [6, 6.07) is 10.7. The fourth-order valence-electron chi connectivity index (χ4n) is 4.23. The summed E-state index contributed by atoms with van der Waals surface area (Å²) in [5.74, 6) is -0.457. The van der Waals surface area contributed by atoms with E-state index in [4.69, 9.17) is 9.47 Å². The molecule has 0 spiro atoms. The summed E-state index contributed by atoms with van der Waals surface area (Å²) in [5, 5.41) is 13.1. The van der Waals surface area contributed by atoms with Crippen LogP contribution >= 0.6 is 0 Å². The summed E-state index contributed by atoms with van der Waals surface area (Å²) < 4.78 is 13.0. The van der Waals surface area contributed by atoms with Crippen molar-refractivity contribution in [3.63, 3.8) is 0 Å². The van der Waals surface area contributed by atoms with Gasteiger partial charge in [0.05, 0.1) is 12.7 Å². The summed E-state index contributed by atoms with van der Waals surface area (Å²) in [7, 11) is 3.50. The van der Waals surface area contributed by atoms with Crippen LogP contribution in [-0.4, -0.2) is 64.5 Å². The molecule has 0 saturated heterocycles.